The van der Waals surface area contributed by atoms with Crippen molar-refractivity contribution in [3.63, 3.8) is 0 Å². The van der Waals surface area contributed by atoms with Crippen LogP contribution in [0.2, 0.25) is 0 Å². The monoisotopic (exact) mass is 244 g/mol. The second-order valence-corrected chi connectivity index (χ2v) is 5.06. The van der Waals surface area contributed by atoms with Gasteiger partial charge in [0.05, 0.1) is 5.69 Å². The average molecular weight is 244 g/mol. The van der Waals surface area contributed by atoms with Gasteiger partial charge < -0.3 is 15.0 Å². The quantitative estimate of drug-likeness (QED) is 0.900. The Bertz CT molecular complexity index is 540. The Morgan fingerprint density at radius 1 is 1.39 bits per heavy atom. The lowest BCUT2D eigenvalue weighted by Gasteiger charge is -2.25. The molecule has 4 nitrogen and oxygen atoms in total. The van der Waals surface area contributed by atoms with Gasteiger partial charge in [-0.3, -0.25) is 0 Å². The van der Waals surface area contributed by atoms with E-state index in [2.05, 4.69) is 16.3 Å². The number of hydrogen-bond donors (Lipinski definition) is 1. The first-order valence-electron chi connectivity index (χ1n) is 6.70. The van der Waals surface area contributed by atoms with Crippen molar-refractivity contribution < 1.29 is 0 Å². The lowest BCUT2D eigenvalue weighted by molar-refractivity contribution is 0.644. The van der Waals surface area contributed by atoms with Gasteiger partial charge in [0.25, 0.3) is 0 Å². The maximum Gasteiger partial charge on any atom is 0.152 e. The molecule has 2 N–H and O–H groups in total. The summed E-state index contributed by atoms with van der Waals surface area (Å²) in [6, 6.07) is 6.69. The number of imidazole rings is 1. The van der Waals surface area contributed by atoms with E-state index < -0.39 is 0 Å². The smallest absolute Gasteiger partial charge is 0.152 e. The number of pyridine rings is 1. The molecule has 2 heterocycles. The fraction of sp³-hybridized carbons (Fsp3) is 0.500. The van der Waals surface area contributed by atoms with Gasteiger partial charge in [-0.15, -0.1) is 0 Å². The van der Waals surface area contributed by atoms with Crippen LogP contribution in [0.1, 0.15) is 31.4 Å². The summed E-state index contributed by atoms with van der Waals surface area (Å²) in [4.78, 5) is 7.06. The molecule has 2 aromatic heterocycles. The molecule has 0 spiro atoms. The van der Waals surface area contributed by atoms with E-state index in [1.807, 2.05) is 24.4 Å². The second-order valence-electron chi connectivity index (χ2n) is 5.06. The minimum Gasteiger partial charge on any atom is -0.355 e. The largest absolute Gasteiger partial charge is 0.355 e. The van der Waals surface area contributed by atoms with Crippen molar-refractivity contribution in [1.29, 1.82) is 0 Å². The summed E-state index contributed by atoms with van der Waals surface area (Å²) >= 11 is 0. The van der Waals surface area contributed by atoms with E-state index in [0.717, 1.165) is 17.2 Å². The van der Waals surface area contributed by atoms with Gasteiger partial charge in [-0.2, -0.15) is 0 Å². The van der Waals surface area contributed by atoms with E-state index in [4.69, 9.17) is 10.7 Å². The maximum absolute atomic E-state index is 5.91. The van der Waals surface area contributed by atoms with Gasteiger partial charge in [0.2, 0.25) is 0 Å². The Balaban J connectivity index is 2.04. The Kier molecular flexibility index (Phi) is 2.96. The van der Waals surface area contributed by atoms with Gasteiger partial charge in [0.15, 0.2) is 5.82 Å². The third-order valence-corrected chi connectivity index (χ3v) is 4.01. The number of nitrogens with zero attached hydrogens (tertiary/aromatic N) is 3. The molecule has 0 unspecified atom stereocenters. The van der Waals surface area contributed by atoms with E-state index in [1.165, 1.54) is 25.7 Å². The highest BCUT2D eigenvalue weighted by molar-refractivity contribution is 5.56. The molecule has 0 amide bonds. The van der Waals surface area contributed by atoms with Crippen LogP contribution < -0.4 is 10.6 Å². The zero-order chi connectivity index (χ0) is 12.5. The van der Waals surface area contributed by atoms with E-state index in [-0.39, 0.29) is 0 Å². The molecule has 1 fully saturated rings. The first kappa shape index (κ1) is 11.5. The van der Waals surface area contributed by atoms with Crippen molar-refractivity contribution in [1.82, 2.24) is 9.38 Å². The van der Waals surface area contributed by atoms with Crippen molar-refractivity contribution in [2.24, 2.45) is 5.73 Å². The van der Waals surface area contributed by atoms with Crippen LogP contribution in [0.5, 0.6) is 0 Å². The highest BCUT2D eigenvalue weighted by Gasteiger charge is 2.24. The lowest BCUT2D eigenvalue weighted by Crippen LogP contribution is -2.30. The van der Waals surface area contributed by atoms with Gasteiger partial charge >= 0.3 is 0 Å². The Morgan fingerprint density at radius 2 is 2.17 bits per heavy atom. The topological polar surface area (TPSA) is 46.6 Å². The molecule has 1 saturated carbocycles. The second kappa shape index (κ2) is 4.61. The van der Waals surface area contributed by atoms with Crippen molar-refractivity contribution >= 4 is 11.5 Å². The van der Waals surface area contributed by atoms with Crippen LogP contribution >= 0.6 is 0 Å². The van der Waals surface area contributed by atoms with E-state index >= 15 is 0 Å². The molecule has 0 aromatic carbocycles. The van der Waals surface area contributed by atoms with Crippen LogP contribution in [-0.4, -0.2) is 22.5 Å². The molecule has 0 aliphatic heterocycles. The zero-order valence-corrected chi connectivity index (χ0v) is 10.8. The minimum absolute atomic E-state index is 0.525. The summed E-state index contributed by atoms with van der Waals surface area (Å²) in [5.74, 6) is 1.05. The highest BCUT2D eigenvalue weighted by Crippen LogP contribution is 2.29. The van der Waals surface area contributed by atoms with Gasteiger partial charge in [0.1, 0.15) is 5.65 Å². The molecule has 2 aromatic rings. The number of rotatable bonds is 3. The average Bonchev–Trinajstić information content (AvgIpc) is 3.04. The van der Waals surface area contributed by atoms with Crippen LogP contribution in [0, 0.1) is 0 Å². The van der Waals surface area contributed by atoms with Crippen LogP contribution in [0.25, 0.3) is 5.65 Å². The highest BCUT2D eigenvalue weighted by atomic mass is 15.2. The fourth-order valence-corrected chi connectivity index (χ4v) is 2.97. The van der Waals surface area contributed by atoms with Crippen LogP contribution in [0.3, 0.4) is 0 Å². The number of anilines is 1. The molecular weight excluding hydrogens is 224 g/mol. The fourth-order valence-electron chi connectivity index (χ4n) is 2.97. The summed E-state index contributed by atoms with van der Waals surface area (Å²) in [5.41, 5.74) is 8.01. The molecule has 1 aliphatic rings. The summed E-state index contributed by atoms with van der Waals surface area (Å²) in [5, 5.41) is 0. The molecule has 96 valence electrons. The first-order valence-corrected chi connectivity index (χ1v) is 6.70. The molecule has 0 saturated heterocycles. The molecule has 3 rings (SSSR count). The Labute approximate surface area is 107 Å². The van der Waals surface area contributed by atoms with Gasteiger partial charge in [0, 0.05) is 25.8 Å². The molecule has 0 bridgehead atoms. The van der Waals surface area contributed by atoms with Crippen molar-refractivity contribution in [2.75, 3.05) is 11.9 Å². The van der Waals surface area contributed by atoms with Crippen LogP contribution in [-0.2, 0) is 6.54 Å². The van der Waals surface area contributed by atoms with Crippen LogP contribution in [0.15, 0.2) is 24.4 Å². The molecule has 18 heavy (non-hydrogen) atoms. The molecule has 0 radical (unpaired) electrons. The van der Waals surface area contributed by atoms with Gasteiger partial charge in [-0.1, -0.05) is 18.9 Å². The molecule has 4 heteroatoms. The Morgan fingerprint density at radius 3 is 2.89 bits per heavy atom. The summed E-state index contributed by atoms with van der Waals surface area (Å²) in [7, 11) is 2.15. The zero-order valence-electron chi connectivity index (χ0n) is 10.8. The van der Waals surface area contributed by atoms with E-state index in [0.29, 0.717) is 12.6 Å². The van der Waals surface area contributed by atoms with Crippen LogP contribution in [0.4, 0.5) is 5.82 Å². The standard InChI is InChI=1S/C14H20N4/c1-17(11-6-2-3-7-11)14-12(10-15)18-9-5-4-8-13(18)16-14/h4-5,8-9,11H,2-3,6-7,10,15H2,1H3. The first-order chi connectivity index (χ1) is 8.81. The normalized spacial score (nSPS) is 16.6. The predicted molar refractivity (Wildman–Crippen MR) is 73.7 cm³/mol. The third-order valence-electron chi connectivity index (χ3n) is 4.01. The van der Waals surface area contributed by atoms with E-state index in [9.17, 15) is 0 Å². The molecule has 1 aliphatic carbocycles. The number of nitrogens with two attached hydrogens (primary N) is 1. The Hall–Kier alpha value is -1.55. The molecular formula is C14H20N4. The number of fused-ring (bicyclic) bond motifs is 1. The summed E-state index contributed by atoms with van der Waals surface area (Å²) in [6.07, 6.45) is 7.25. The predicted octanol–water partition coefficient (Wildman–Crippen LogP) is 2.17. The number of aromatic nitrogens is 2. The van der Waals surface area contributed by atoms with Crippen molar-refractivity contribution in [3.05, 3.63) is 30.1 Å². The summed E-state index contributed by atoms with van der Waals surface area (Å²) in [6.45, 7) is 0.525. The SMILES string of the molecule is CN(c1nc2ccccn2c1CN)C1CCCC1. The third kappa shape index (κ3) is 1.77. The maximum atomic E-state index is 5.91. The lowest BCUT2D eigenvalue weighted by atomic mass is 10.2. The minimum atomic E-state index is 0.525. The van der Waals surface area contributed by atoms with Gasteiger partial charge in [-0.25, -0.2) is 4.98 Å². The van der Waals surface area contributed by atoms with E-state index in [1.54, 1.807) is 0 Å². The van der Waals surface area contributed by atoms with Crippen molar-refractivity contribution in [3.8, 4) is 0 Å². The van der Waals surface area contributed by atoms with Crippen molar-refractivity contribution in [2.45, 2.75) is 38.3 Å². The van der Waals surface area contributed by atoms with Gasteiger partial charge in [-0.05, 0) is 25.0 Å². The number of hydrogen-bond acceptors (Lipinski definition) is 3. The summed E-state index contributed by atoms with van der Waals surface area (Å²) < 4.78 is 2.10. The molecule has 0 atom stereocenters.